The Balaban J connectivity index is 1.95. The van der Waals surface area contributed by atoms with Crippen LogP contribution in [0.1, 0.15) is 34.7 Å². The number of sulfonamides is 1. The van der Waals surface area contributed by atoms with Crippen LogP contribution in [0.5, 0.6) is 0 Å². The third kappa shape index (κ3) is 4.23. The molecule has 0 aliphatic rings. The summed E-state index contributed by atoms with van der Waals surface area (Å²) in [6.07, 6.45) is -0.381. The normalized spacial score (nSPS) is 13.0. The second-order valence-electron chi connectivity index (χ2n) is 4.80. The van der Waals surface area contributed by atoms with E-state index in [-0.39, 0.29) is 17.2 Å². The molecule has 22 heavy (non-hydrogen) atoms. The zero-order chi connectivity index (χ0) is 16.2. The van der Waals surface area contributed by atoms with Crippen molar-refractivity contribution in [3.8, 4) is 0 Å². The fraction of sp³-hybridized carbons (Fsp3) is 0.267. The highest BCUT2D eigenvalue weighted by Crippen LogP contribution is 2.21. The van der Waals surface area contributed by atoms with Gasteiger partial charge >= 0.3 is 0 Å². The monoisotopic (exact) mass is 339 g/mol. The number of benzene rings is 1. The van der Waals surface area contributed by atoms with E-state index in [1.807, 2.05) is 17.5 Å². The molecule has 0 saturated heterocycles. The van der Waals surface area contributed by atoms with Crippen molar-refractivity contribution in [2.75, 3.05) is 6.54 Å². The van der Waals surface area contributed by atoms with E-state index < -0.39 is 16.1 Å². The lowest BCUT2D eigenvalue weighted by Gasteiger charge is -2.10. The Morgan fingerprint density at radius 3 is 2.50 bits per heavy atom. The summed E-state index contributed by atoms with van der Waals surface area (Å²) < 4.78 is 26.7. The van der Waals surface area contributed by atoms with Crippen molar-refractivity contribution in [3.05, 3.63) is 52.2 Å². The van der Waals surface area contributed by atoms with Gasteiger partial charge in [-0.3, -0.25) is 4.79 Å². The van der Waals surface area contributed by atoms with Crippen LogP contribution in [-0.4, -0.2) is 25.9 Å². The molecule has 0 bridgehead atoms. The summed E-state index contributed by atoms with van der Waals surface area (Å²) in [6, 6.07) is 9.41. The van der Waals surface area contributed by atoms with Gasteiger partial charge in [-0.15, -0.1) is 11.3 Å². The first-order valence-electron chi connectivity index (χ1n) is 6.72. The number of Topliss-reactive ketones (excluding diaryl/α,β-unsaturated/α-hetero) is 1. The van der Waals surface area contributed by atoms with Crippen LogP contribution in [-0.2, 0) is 10.0 Å². The van der Waals surface area contributed by atoms with Gasteiger partial charge in [0.2, 0.25) is 10.0 Å². The Labute approximate surface area is 133 Å². The number of aliphatic hydroxyl groups is 1. The number of thiophene rings is 1. The molecule has 0 aliphatic heterocycles. The van der Waals surface area contributed by atoms with Crippen molar-refractivity contribution in [2.24, 2.45) is 0 Å². The van der Waals surface area contributed by atoms with Gasteiger partial charge in [-0.2, -0.15) is 0 Å². The minimum Gasteiger partial charge on any atom is -0.388 e. The topological polar surface area (TPSA) is 83.5 Å². The maximum Gasteiger partial charge on any atom is 0.240 e. The van der Waals surface area contributed by atoms with Crippen molar-refractivity contribution >= 4 is 27.1 Å². The van der Waals surface area contributed by atoms with Crippen LogP contribution in [0.2, 0.25) is 0 Å². The van der Waals surface area contributed by atoms with Crippen molar-refractivity contribution in [3.63, 3.8) is 0 Å². The number of carbonyl (C=O) groups excluding carboxylic acids is 1. The molecule has 1 aromatic heterocycles. The minimum absolute atomic E-state index is 0.100. The highest BCUT2D eigenvalue weighted by molar-refractivity contribution is 7.89. The highest BCUT2D eigenvalue weighted by atomic mass is 32.2. The molecule has 0 amide bonds. The molecule has 1 atom stereocenters. The predicted molar refractivity (Wildman–Crippen MR) is 85.5 cm³/mol. The number of carbonyl (C=O) groups is 1. The molecule has 0 spiro atoms. The first-order valence-corrected chi connectivity index (χ1v) is 9.08. The molecule has 118 valence electrons. The van der Waals surface area contributed by atoms with E-state index in [0.29, 0.717) is 12.0 Å². The summed E-state index contributed by atoms with van der Waals surface area (Å²) in [6.45, 7) is 1.56. The molecule has 1 heterocycles. The van der Waals surface area contributed by atoms with Gasteiger partial charge in [0.25, 0.3) is 0 Å². The summed E-state index contributed by atoms with van der Waals surface area (Å²) >= 11 is 1.43. The zero-order valence-electron chi connectivity index (χ0n) is 12.0. The second-order valence-corrected chi connectivity index (χ2v) is 7.54. The smallest absolute Gasteiger partial charge is 0.240 e. The molecular formula is C15H17NO4S2. The zero-order valence-corrected chi connectivity index (χ0v) is 13.7. The van der Waals surface area contributed by atoms with Gasteiger partial charge in [-0.1, -0.05) is 18.2 Å². The van der Waals surface area contributed by atoms with Gasteiger partial charge in [0.1, 0.15) is 0 Å². The van der Waals surface area contributed by atoms with E-state index >= 15 is 0 Å². The quantitative estimate of drug-likeness (QED) is 0.759. The second kappa shape index (κ2) is 7.15. The fourth-order valence-corrected chi connectivity index (χ4v) is 3.70. The van der Waals surface area contributed by atoms with E-state index in [1.165, 1.54) is 42.5 Å². The molecule has 0 aliphatic carbocycles. The van der Waals surface area contributed by atoms with E-state index in [9.17, 15) is 18.3 Å². The molecule has 7 heteroatoms. The lowest BCUT2D eigenvalue weighted by molar-refractivity contribution is 0.101. The van der Waals surface area contributed by atoms with Crippen molar-refractivity contribution in [1.82, 2.24) is 4.72 Å². The first kappa shape index (κ1) is 16.8. The summed E-state index contributed by atoms with van der Waals surface area (Å²) in [5.41, 5.74) is 0.465. The molecule has 0 fully saturated rings. The molecule has 1 aromatic carbocycles. The molecule has 2 N–H and O–H groups in total. The number of rotatable bonds is 7. The number of hydrogen-bond donors (Lipinski definition) is 2. The lowest BCUT2D eigenvalue weighted by atomic mass is 10.2. The van der Waals surface area contributed by atoms with Crippen LogP contribution in [0.4, 0.5) is 0 Å². The van der Waals surface area contributed by atoms with Crippen molar-refractivity contribution in [1.29, 1.82) is 0 Å². The average Bonchev–Trinajstić information content (AvgIpc) is 3.01. The SMILES string of the molecule is CC(=O)c1ccc(S(=O)(=O)NCCC(O)c2cccs2)cc1. The maximum absolute atomic E-state index is 12.1. The van der Waals surface area contributed by atoms with Gasteiger partial charge < -0.3 is 5.11 Å². The van der Waals surface area contributed by atoms with E-state index in [0.717, 1.165) is 4.88 Å². The van der Waals surface area contributed by atoms with E-state index in [2.05, 4.69) is 4.72 Å². The highest BCUT2D eigenvalue weighted by Gasteiger charge is 2.15. The van der Waals surface area contributed by atoms with Crippen molar-refractivity contribution in [2.45, 2.75) is 24.3 Å². The van der Waals surface area contributed by atoms with Gasteiger partial charge in [-0.05, 0) is 36.9 Å². The summed E-state index contributed by atoms with van der Waals surface area (Å²) in [7, 11) is -3.64. The van der Waals surface area contributed by atoms with Gasteiger partial charge in [0, 0.05) is 17.0 Å². The lowest BCUT2D eigenvalue weighted by Crippen LogP contribution is -2.25. The standard InChI is InChI=1S/C15H17NO4S2/c1-11(17)12-4-6-13(7-5-12)22(19,20)16-9-8-14(18)15-3-2-10-21-15/h2-7,10,14,16,18H,8-9H2,1H3. The number of ketones is 1. The fourth-order valence-electron chi connectivity index (χ4n) is 1.91. The van der Waals surface area contributed by atoms with E-state index in [1.54, 1.807) is 0 Å². The van der Waals surface area contributed by atoms with Crippen LogP contribution in [0, 0.1) is 0 Å². The molecule has 0 saturated carbocycles. The van der Waals surface area contributed by atoms with Crippen LogP contribution in [0.25, 0.3) is 0 Å². The molecule has 0 radical (unpaired) electrons. The minimum atomic E-state index is -3.64. The van der Waals surface area contributed by atoms with Crippen LogP contribution >= 0.6 is 11.3 Å². The summed E-state index contributed by atoms with van der Waals surface area (Å²) in [4.78, 5) is 12.1. The molecule has 2 rings (SSSR count). The van der Waals surface area contributed by atoms with Gasteiger partial charge in [0.05, 0.1) is 11.0 Å². The molecule has 5 nitrogen and oxygen atoms in total. The predicted octanol–water partition coefficient (Wildman–Crippen LogP) is 2.35. The number of hydrogen-bond acceptors (Lipinski definition) is 5. The third-order valence-corrected chi connectivity index (χ3v) is 5.60. The molecule has 1 unspecified atom stereocenters. The Hall–Kier alpha value is -1.54. The van der Waals surface area contributed by atoms with Crippen LogP contribution < -0.4 is 4.72 Å². The number of aliphatic hydroxyl groups excluding tert-OH is 1. The number of nitrogens with one attached hydrogen (secondary N) is 1. The largest absolute Gasteiger partial charge is 0.388 e. The summed E-state index contributed by atoms with van der Waals surface area (Å²) in [5.74, 6) is -0.115. The Morgan fingerprint density at radius 1 is 1.27 bits per heavy atom. The third-order valence-electron chi connectivity index (χ3n) is 3.15. The van der Waals surface area contributed by atoms with Gasteiger partial charge in [-0.25, -0.2) is 13.1 Å². The van der Waals surface area contributed by atoms with Crippen molar-refractivity contribution < 1.29 is 18.3 Å². The van der Waals surface area contributed by atoms with Gasteiger partial charge in [0.15, 0.2) is 5.78 Å². The first-order chi connectivity index (χ1) is 10.4. The Kier molecular flexibility index (Phi) is 5.47. The Bertz CT molecular complexity index is 721. The van der Waals surface area contributed by atoms with Crippen LogP contribution in [0.15, 0.2) is 46.7 Å². The summed E-state index contributed by atoms with van der Waals surface area (Å²) in [5, 5.41) is 11.8. The Morgan fingerprint density at radius 2 is 1.95 bits per heavy atom. The maximum atomic E-state index is 12.1. The van der Waals surface area contributed by atoms with Crippen LogP contribution in [0.3, 0.4) is 0 Å². The molecule has 2 aromatic rings. The average molecular weight is 339 g/mol. The molecular weight excluding hydrogens is 322 g/mol. The van der Waals surface area contributed by atoms with E-state index in [4.69, 9.17) is 0 Å².